The summed E-state index contributed by atoms with van der Waals surface area (Å²) in [7, 11) is 1.98. The van der Waals surface area contributed by atoms with Gasteiger partial charge in [-0.3, -0.25) is 0 Å². The van der Waals surface area contributed by atoms with E-state index in [2.05, 4.69) is 11.0 Å². The summed E-state index contributed by atoms with van der Waals surface area (Å²) in [5.74, 6) is 0.778. The molecule has 16 heavy (non-hydrogen) atoms. The van der Waals surface area contributed by atoms with Crippen molar-refractivity contribution in [2.24, 2.45) is 11.8 Å². The van der Waals surface area contributed by atoms with E-state index in [0.717, 1.165) is 18.9 Å². The van der Waals surface area contributed by atoms with Gasteiger partial charge in [0.1, 0.15) is 0 Å². The Bertz CT molecular complexity index is 231. The van der Waals surface area contributed by atoms with Crippen molar-refractivity contribution in [3.05, 3.63) is 0 Å². The van der Waals surface area contributed by atoms with Crippen molar-refractivity contribution in [2.45, 2.75) is 45.1 Å². The number of hydrogen-bond donors (Lipinski definition) is 1. The molecule has 1 rings (SSSR count). The second-order valence-corrected chi connectivity index (χ2v) is 5.29. The van der Waals surface area contributed by atoms with Crippen LogP contribution in [0.2, 0.25) is 0 Å². The smallest absolute Gasteiger partial charge is 0.0669 e. The summed E-state index contributed by atoms with van der Waals surface area (Å²) in [6.07, 6.45) is 5.95. The number of nitriles is 1. The van der Waals surface area contributed by atoms with Gasteiger partial charge in [0.2, 0.25) is 0 Å². The zero-order valence-corrected chi connectivity index (χ0v) is 10.5. The minimum atomic E-state index is -0.223. The molecule has 92 valence electrons. The van der Waals surface area contributed by atoms with Crippen LogP contribution in [-0.4, -0.2) is 36.2 Å². The van der Waals surface area contributed by atoms with Crippen LogP contribution in [0.4, 0.5) is 0 Å². The van der Waals surface area contributed by atoms with Crippen LogP contribution in [0.15, 0.2) is 0 Å². The fraction of sp³-hybridized carbons (Fsp3) is 0.923. The molecule has 0 aromatic rings. The van der Waals surface area contributed by atoms with Crippen LogP contribution in [0.3, 0.4) is 0 Å². The van der Waals surface area contributed by atoms with Crippen molar-refractivity contribution in [3.63, 3.8) is 0 Å². The largest absolute Gasteiger partial charge is 0.392 e. The first kappa shape index (κ1) is 13.5. The number of aliphatic hydroxyl groups excluding tert-OH is 1. The number of likely N-dealkylation sites (N-methyl/N-ethyl adjacent to an activating group) is 1. The summed E-state index contributed by atoms with van der Waals surface area (Å²) in [6, 6.07) is 2.22. The number of hydrogen-bond acceptors (Lipinski definition) is 3. The van der Waals surface area contributed by atoms with Crippen LogP contribution in [0, 0.1) is 23.2 Å². The summed E-state index contributed by atoms with van der Waals surface area (Å²) < 4.78 is 0. The molecule has 1 N–H and O–H groups in total. The van der Waals surface area contributed by atoms with Gasteiger partial charge in [0.25, 0.3) is 0 Å². The van der Waals surface area contributed by atoms with E-state index in [-0.39, 0.29) is 12.0 Å². The maximum absolute atomic E-state index is 9.94. The van der Waals surface area contributed by atoms with Crippen molar-refractivity contribution in [1.29, 1.82) is 5.26 Å². The summed E-state index contributed by atoms with van der Waals surface area (Å²) in [5.41, 5.74) is 0. The summed E-state index contributed by atoms with van der Waals surface area (Å²) in [6.45, 7) is 3.36. The maximum atomic E-state index is 9.94. The molecule has 3 heteroatoms. The molecule has 0 bridgehead atoms. The fourth-order valence-corrected chi connectivity index (χ4v) is 2.65. The van der Waals surface area contributed by atoms with Gasteiger partial charge < -0.3 is 10.0 Å². The van der Waals surface area contributed by atoms with Crippen LogP contribution in [-0.2, 0) is 0 Å². The van der Waals surface area contributed by atoms with Gasteiger partial charge in [0.15, 0.2) is 0 Å². The van der Waals surface area contributed by atoms with Crippen LogP contribution < -0.4 is 0 Å². The highest BCUT2D eigenvalue weighted by atomic mass is 16.3. The Balaban J connectivity index is 2.17. The van der Waals surface area contributed by atoms with E-state index >= 15 is 0 Å². The van der Waals surface area contributed by atoms with Crippen LogP contribution in [0.1, 0.15) is 39.0 Å². The fourth-order valence-electron chi connectivity index (χ4n) is 2.65. The van der Waals surface area contributed by atoms with Crippen molar-refractivity contribution in [2.75, 3.05) is 20.1 Å². The van der Waals surface area contributed by atoms with Crippen LogP contribution in [0.5, 0.6) is 0 Å². The molecule has 0 aromatic heterocycles. The monoisotopic (exact) mass is 224 g/mol. The zero-order valence-electron chi connectivity index (χ0n) is 10.5. The third-order valence-corrected chi connectivity index (χ3v) is 3.41. The third kappa shape index (κ3) is 4.96. The van der Waals surface area contributed by atoms with E-state index in [0.29, 0.717) is 6.54 Å². The van der Waals surface area contributed by atoms with Gasteiger partial charge in [-0.2, -0.15) is 5.26 Å². The van der Waals surface area contributed by atoms with Gasteiger partial charge in [-0.15, -0.1) is 0 Å². The Morgan fingerprint density at radius 2 is 2.00 bits per heavy atom. The van der Waals surface area contributed by atoms with E-state index in [9.17, 15) is 5.11 Å². The normalized spacial score (nSPS) is 20.9. The highest BCUT2D eigenvalue weighted by molar-refractivity contribution is 4.81. The standard InChI is InChI=1S/C13H24N2O/c1-11(8-14)9-15(2)10-13(16)7-12-5-3-4-6-12/h11-13,16H,3-7,9-10H2,1-2H3. The van der Waals surface area contributed by atoms with E-state index in [1.54, 1.807) is 0 Å². The lowest BCUT2D eigenvalue weighted by atomic mass is 10.00. The van der Waals surface area contributed by atoms with E-state index < -0.39 is 0 Å². The average Bonchev–Trinajstić information content (AvgIpc) is 2.69. The van der Waals surface area contributed by atoms with Crippen molar-refractivity contribution in [1.82, 2.24) is 4.90 Å². The van der Waals surface area contributed by atoms with Gasteiger partial charge in [0.05, 0.1) is 18.1 Å². The molecule has 3 nitrogen and oxygen atoms in total. The highest BCUT2D eigenvalue weighted by Gasteiger charge is 2.19. The molecule has 0 heterocycles. The second kappa shape index (κ2) is 6.88. The molecular weight excluding hydrogens is 200 g/mol. The molecule has 0 spiro atoms. The number of aliphatic hydroxyl groups is 1. The predicted octanol–water partition coefficient (Wildman–Crippen LogP) is 2.02. The Labute approximate surface area is 99.1 Å². The summed E-state index contributed by atoms with van der Waals surface area (Å²) in [4.78, 5) is 2.06. The molecule has 0 aliphatic heterocycles. The minimum absolute atomic E-state index is 0.0451. The molecule has 1 aliphatic rings. The van der Waals surface area contributed by atoms with Gasteiger partial charge in [-0.05, 0) is 26.3 Å². The average molecular weight is 224 g/mol. The Kier molecular flexibility index (Phi) is 5.79. The van der Waals surface area contributed by atoms with Crippen LogP contribution in [0.25, 0.3) is 0 Å². The number of nitrogens with zero attached hydrogens (tertiary/aromatic N) is 2. The Morgan fingerprint density at radius 1 is 1.38 bits per heavy atom. The van der Waals surface area contributed by atoms with Crippen molar-refractivity contribution < 1.29 is 5.11 Å². The summed E-state index contributed by atoms with van der Waals surface area (Å²) >= 11 is 0. The van der Waals surface area contributed by atoms with Gasteiger partial charge in [0, 0.05) is 13.1 Å². The minimum Gasteiger partial charge on any atom is -0.392 e. The van der Waals surface area contributed by atoms with Gasteiger partial charge >= 0.3 is 0 Å². The first-order valence-electron chi connectivity index (χ1n) is 6.38. The molecule has 0 amide bonds. The van der Waals surface area contributed by atoms with E-state index in [1.807, 2.05) is 14.0 Å². The highest BCUT2D eigenvalue weighted by Crippen LogP contribution is 2.28. The molecule has 1 saturated carbocycles. The Morgan fingerprint density at radius 3 is 2.56 bits per heavy atom. The molecule has 0 saturated heterocycles. The molecular formula is C13H24N2O. The van der Waals surface area contributed by atoms with E-state index in [4.69, 9.17) is 5.26 Å². The third-order valence-electron chi connectivity index (χ3n) is 3.41. The van der Waals surface area contributed by atoms with Crippen LogP contribution >= 0.6 is 0 Å². The van der Waals surface area contributed by atoms with Gasteiger partial charge in [-0.1, -0.05) is 25.7 Å². The zero-order chi connectivity index (χ0) is 12.0. The molecule has 0 radical (unpaired) electrons. The summed E-state index contributed by atoms with van der Waals surface area (Å²) in [5, 5.41) is 18.6. The molecule has 0 aromatic carbocycles. The maximum Gasteiger partial charge on any atom is 0.0669 e. The van der Waals surface area contributed by atoms with Gasteiger partial charge in [-0.25, -0.2) is 0 Å². The first-order chi connectivity index (χ1) is 7.61. The molecule has 2 atom stereocenters. The number of rotatable bonds is 6. The lowest BCUT2D eigenvalue weighted by Gasteiger charge is -2.23. The Hall–Kier alpha value is -0.590. The topological polar surface area (TPSA) is 47.3 Å². The molecule has 1 fully saturated rings. The van der Waals surface area contributed by atoms with Crippen molar-refractivity contribution >= 4 is 0 Å². The molecule has 1 aliphatic carbocycles. The SMILES string of the molecule is CC(C#N)CN(C)CC(O)CC1CCCC1. The van der Waals surface area contributed by atoms with E-state index in [1.165, 1.54) is 25.7 Å². The second-order valence-electron chi connectivity index (χ2n) is 5.29. The molecule has 2 unspecified atom stereocenters. The lowest BCUT2D eigenvalue weighted by Crippen LogP contribution is -2.33. The van der Waals surface area contributed by atoms with Crippen molar-refractivity contribution in [3.8, 4) is 6.07 Å². The lowest BCUT2D eigenvalue weighted by molar-refractivity contribution is 0.0992. The first-order valence-corrected chi connectivity index (χ1v) is 6.38. The predicted molar refractivity (Wildman–Crippen MR) is 64.9 cm³/mol. The quantitative estimate of drug-likeness (QED) is 0.751.